The highest BCUT2D eigenvalue weighted by molar-refractivity contribution is 5.55. The highest BCUT2D eigenvalue weighted by Gasteiger charge is 2.04. The van der Waals surface area contributed by atoms with Crippen molar-refractivity contribution in [3.05, 3.63) is 51.9 Å². The van der Waals surface area contributed by atoms with Gasteiger partial charge in [-0.15, -0.1) is 0 Å². The maximum Gasteiger partial charge on any atom is 0.251 e. The number of hydrogen-bond donors (Lipinski definition) is 2. The van der Waals surface area contributed by atoms with Crippen molar-refractivity contribution in [2.75, 3.05) is 6.54 Å². The number of aromatic amines is 1. The van der Waals surface area contributed by atoms with Crippen LogP contribution in [0.5, 0.6) is 0 Å². The summed E-state index contributed by atoms with van der Waals surface area (Å²) in [6.07, 6.45) is 1.06. The van der Waals surface area contributed by atoms with Crippen LogP contribution in [-0.4, -0.2) is 16.5 Å². The van der Waals surface area contributed by atoms with E-state index >= 15 is 0 Å². The molecule has 0 aliphatic heterocycles. The molecular formula is C15H19N3O. The van der Waals surface area contributed by atoms with E-state index in [0.717, 1.165) is 29.8 Å². The van der Waals surface area contributed by atoms with Crippen molar-refractivity contribution < 1.29 is 0 Å². The fourth-order valence-corrected chi connectivity index (χ4v) is 1.92. The third-order valence-electron chi connectivity index (χ3n) is 2.82. The first-order chi connectivity index (χ1) is 9.19. The van der Waals surface area contributed by atoms with Crippen molar-refractivity contribution in [3.8, 4) is 11.4 Å². The second-order valence-corrected chi connectivity index (χ2v) is 4.63. The van der Waals surface area contributed by atoms with Crippen LogP contribution in [0.2, 0.25) is 0 Å². The molecule has 1 aromatic heterocycles. The van der Waals surface area contributed by atoms with Crippen molar-refractivity contribution in [1.82, 2.24) is 15.3 Å². The number of nitrogens with zero attached hydrogens (tertiary/aromatic N) is 1. The summed E-state index contributed by atoms with van der Waals surface area (Å²) in [5.41, 5.74) is 2.75. The molecule has 0 saturated carbocycles. The van der Waals surface area contributed by atoms with Gasteiger partial charge in [0.25, 0.3) is 5.56 Å². The Morgan fingerprint density at radius 2 is 2.16 bits per heavy atom. The number of aromatic nitrogens is 2. The first-order valence-corrected chi connectivity index (χ1v) is 6.57. The first kappa shape index (κ1) is 13.5. The van der Waals surface area contributed by atoms with Crippen LogP contribution in [0, 0.1) is 6.92 Å². The number of benzene rings is 1. The van der Waals surface area contributed by atoms with Crippen LogP contribution >= 0.6 is 0 Å². The van der Waals surface area contributed by atoms with Crippen LogP contribution < -0.4 is 10.9 Å². The Bertz CT molecular complexity index is 604. The summed E-state index contributed by atoms with van der Waals surface area (Å²) in [5.74, 6) is 0.629. The van der Waals surface area contributed by atoms with Crippen LogP contribution in [-0.2, 0) is 6.54 Å². The van der Waals surface area contributed by atoms with Gasteiger partial charge in [-0.1, -0.05) is 30.7 Å². The van der Waals surface area contributed by atoms with E-state index in [1.54, 1.807) is 6.07 Å². The van der Waals surface area contributed by atoms with Gasteiger partial charge in [0.05, 0.1) is 5.69 Å². The molecule has 0 amide bonds. The predicted octanol–water partition coefficient (Wildman–Crippen LogP) is 2.24. The second kappa shape index (κ2) is 6.29. The summed E-state index contributed by atoms with van der Waals surface area (Å²) in [4.78, 5) is 19.0. The zero-order chi connectivity index (χ0) is 13.7. The molecule has 0 saturated heterocycles. The number of nitrogens with one attached hydrogen (secondary N) is 2. The molecule has 0 radical (unpaired) electrons. The molecule has 2 rings (SSSR count). The van der Waals surface area contributed by atoms with Gasteiger partial charge in [0.1, 0.15) is 5.82 Å². The first-order valence-electron chi connectivity index (χ1n) is 6.57. The third-order valence-corrected chi connectivity index (χ3v) is 2.82. The highest BCUT2D eigenvalue weighted by atomic mass is 16.1. The summed E-state index contributed by atoms with van der Waals surface area (Å²) < 4.78 is 0. The van der Waals surface area contributed by atoms with Gasteiger partial charge in [0, 0.05) is 18.2 Å². The van der Waals surface area contributed by atoms with E-state index < -0.39 is 0 Å². The van der Waals surface area contributed by atoms with Crippen LogP contribution in [0.1, 0.15) is 24.6 Å². The molecule has 2 N–H and O–H groups in total. The molecule has 0 unspecified atom stereocenters. The van der Waals surface area contributed by atoms with Gasteiger partial charge in [0.15, 0.2) is 0 Å². The fraction of sp³-hybridized carbons (Fsp3) is 0.333. The van der Waals surface area contributed by atoms with Gasteiger partial charge in [-0.3, -0.25) is 4.79 Å². The van der Waals surface area contributed by atoms with E-state index in [9.17, 15) is 4.79 Å². The Labute approximate surface area is 112 Å². The lowest BCUT2D eigenvalue weighted by Crippen LogP contribution is -2.18. The molecule has 1 aromatic carbocycles. The number of hydrogen-bond acceptors (Lipinski definition) is 3. The van der Waals surface area contributed by atoms with Crippen molar-refractivity contribution in [3.63, 3.8) is 0 Å². The third kappa shape index (κ3) is 3.76. The molecule has 4 heteroatoms. The van der Waals surface area contributed by atoms with Gasteiger partial charge in [-0.2, -0.15) is 0 Å². The van der Waals surface area contributed by atoms with Crippen molar-refractivity contribution >= 4 is 0 Å². The average molecular weight is 257 g/mol. The Hall–Kier alpha value is -1.94. The minimum atomic E-state index is -0.111. The van der Waals surface area contributed by atoms with E-state index in [0.29, 0.717) is 12.4 Å². The van der Waals surface area contributed by atoms with Crippen molar-refractivity contribution in [2.24, 2.45) is 0 Å². The number of H-pyrrole nitrogens is 1. The molecule has 0 spiro atoms. The predicted molar refractivity (Wildman–Crippen MR) is 77.0 cm³/mol. The van der Waals surface area contributed by atoms with Crippen LogP contribution in [0.3, 0.4) is 0 Å². The van der Waals surface area contributed by atoms with Gasteiger partial charge < -0.3 is 10.3 Å². The molecule has 0 atom stereocenters. The summed E-state index contributed by atoms with van der Waals surface area (Å²) in [7, 11) is 0. The lowest BCUT2D eigenvalue weighted by atomic mass is 10.1. The summed E-state index contributed by atoms with van der Waals surface area (Å²) >= 11 is 0. The van der Waals surface area contributed by atoms with E-state index in [-0.39, 0.29) is 5.56 Å². The van der Waals surface area contributed by atoms with E-state index in [1.165, 1.54) is 0 Å². The standard InChI is InChI=1S/C15H19N3O/c1-3-7-16-10-13-9-14(19)18-15(17-13)12-6-4-5-11(2)8-12/h4-6,8-9,16H,3,7,10H2,1-2H3,(H,17,18,19). The van der Waals surface area contributed by atoms with E-state index in [2.05, 4.69) is 22.2 Å². The highest BCUT2D eigenvalue weighted by Crippen LogP contribution is 2.14. The summed E-state index contributed by atoms with van der Waals surface area (Å²) in [6, 6.07) is 9.50. The lowest BCUT2D eigenvalue weighted by molar-refractivity contribution is 0.662. The molecule has 4 nitrogen and oxygen atoms in total. The van der Waals surface area contributed by atoms with Gasteiger partial charge in [-0.25, -0.2) is 4.98 Å². The fourth-order valence-electron chi connectivity index (χ4n) is 1.92. The summed E-state index contributed by atoms with van der Waals surface area (Å²) in [6.45, 7) is 5.68. The zero-order valence-corrected chi connectivity index (χ0v) is 11.4. The monoisotopic (exact) mass is 257 g/mol. The lowest BCUT2D eigenvalue weighted by Gasteiger charge is -2.06. The number of aryl methyl sites for hydroxylation is 1. The maximum absolute atomic E-state index is 11.7. The van der Waals surface area contributed by atoms with E-state index in [1.807, 2.05) is 31.2 Å². The zero-order valence-electron chi connectivity index (χ0n) is 11.4. The quantitative estimate of drug-likeness (QED) is 0.808. The van der Waals surface area contributed by atoms with Crippen LogP contribution in [0.4, 0.5) is 0 Å². The SMILES string of the molecule is CCCNCc1cc(=O)[nH]c(-c2cccc(C)c2)n1. The molecule has 100 valence electrons. The van der Waals surface area contributed by atoms with E-state index in [4.69, 9.17) is 0 Å². The molecule has 1 heterocycles. The normalized spacial score (nSPS) is 10.6. The molecule has 2 aromatic rings. The number of rotatable bonds is 5. The topological polar surface area (TPSA) is 57.8 Å². The van der Waals surface area contributed by atoms with Gasteiger partial charge in [-0.05, 0) is 26.0 Å². The molecule has 0 bridgehead atoms. The molecule has 0 aliphatic rings. The van der Waals surface area contributed by atoms with Crippen molar-refractivity contribution in [2.45, 2.75) is 26.8 Å². The molecule has 19 heavy (non-hydrogen) atoms. The Morgan fingerprint density at radius 1 is 1.32 bits per heavy atom. The smallest absolute Gasteiger partial charge is 0.251 e. The Balaban J connectivity index is 2.28. The Kier molecular flexibility index (Phi) is 4.47. The minimum Gasteiger partial charge on any atom is -0.311 e. The van der Waals surface area contributed by atoms with Gasteiger partial charge in [0.2, 0.25) is 0 Å². The maximum atomic E-state index is 11.7. The minimum absolute atomic E-state index is 0.111. The van der Waals surface area contributed by atoms with Crippen molar-refractivity contribution in [1.29, 1.82) is 0 Å². The Morgan fingerprint density at radius 3 is 2.89 bits per heavy atom. The van der Waals surface area contributed by atoms with Gasteiger partial charge >= 0.3 is 0 Å². The largest absolute Gasteiger partial charge is 0.311 e. The molecular weight excluding hydrogens is 238 g/mol. The second-order valence-electron chi connectivity index (χ2n) is 4.63. The average Bonchev–Trinajstić information content (AvgIpc) is 2.38. The van der Waals surface area contributed by atoms with Crippen LogP contribution in [0.25, 0.3) is 11.4 Å². The molecule has 0 aliphatic carbocycles. The summed E-state index contributed by atoms with van der Waals surface area (Å²) in [5, 5.41) is 3.25. The van der Waals surface area contributed by atoms with Crippen LogP contribution in [0.15, 0.2) is 35.1 Å². The molecule has 0 fully saturated rings.